The molecule has 1 amide bonds. The molecule has 1 unspecified atom stereocenters. The molecule has 1 aliphatic rings. The van der Waals surface area contributed by atoms with Crippen LogP contribution in [-0.4, -0.2) is 25.0 Å². The summed E-state index contributed by atoms with van der Waals surface area (Å²) >= 11 is 0. The number of furan rings is 1. The minimum Gasteiger partial charge on any atom is -0.459 e. The van der Waals surface area contributed by atoms with Crippen molar-refractivity contribution in [3.8, 4) is 0 Å². The van der Waals surface area contributed by atoms with E-state index in [0.29, 0.717) is 12.3 Å². The van der Waals surface area contributed by atoms with Crippen molar-refractivity contribution >= 4 is 11.6 Å². The van der Waals surface area contributed by atoms with Gasteiger partial charge in [-0.2, -0.15) is 0 Å². The average Bonchev–Trinajstić information content (AvgIpc) is 3.13. The van der Waals surface area contributed by atoms with Gasteiger partial charge in [-0.25, -0.2) is 0 Å². The molecule has 4 nitrogen and oxygen atoms in total. The van der Waals surface area contributed by atoms with Crippen LogP contribution in [0.4, 0.5) is 5.69 Å². The van der Waals surface area contributed by atoms with Crippen molar-refractivity contribution in [2.24, 2.45) is 0 Å². The number of hydrogen-bond acceptors (Lipinski definition) is 3. The summed E-state index contributed by atoms with van der Waals surface area (Å²) in [6.45, 7) is 3.75. The number of carbonyl (C=O) groups excluding carboxylic acids is 1. The summed E-state index contributed by atoms with van der Waals surface area (Å²) in [5, 5.41) is 2.92. The third-order valence-corrected chi connectivity index (χ3v) is 3.76. The van der Waals surface area contributed by atoms with E-state index in [-0.39, 0.29) is 11.9 Å². The normalized spacial score (nSPS) is 14.9. The number of rotatable bonds is 4. The van der Waals surface area contributed by atoms with Gasteiger partial charge in [0.2, 0.25) is 0 Å². The highest BCUT2D eigenvalue weighted by Crippen LogP contribution is 2.28. The number of fused-ring (bicyclic) bond motifs is 1. The fourth-order valence-corrected chi connectivity index (χ4v) is 2.67. The Kier molecular flexibility index (Phi) is 3.46. The molecule has 0 fully saturated rings. The Bertz CT molecular complexity index is 592. The Morgan fingerprint density at radius 3 is 3.00 bits per heavy atom. The van der Waals surface area contributed by atoms with Gasteiger partial charge in [-0.3, -0.25) is 4.79 Å². The van der Waals surface area contributed by atoms with Gasteiger partial charge in [0.05, 0.1) is 6.26 Å². The van der Waals surface area contributed by atoms with Crippen LogP contribution in [0.15, 0.2) is 47.1 Å². The molecule has 0 spiro atoms. The molecule has 104 valence electrons. The Morgan fingerprint density at radius 2 is 2.20 bits per heavy atom. The molecule has 4 heteroatoms. The van der Waals surface area contributed by atoms with E-state index in [2.05, 4.69) is 41.4 Å². The van der Waals surface area contributed by atoms with Crippen molar-refractivity contribution in [1.29, 1.82) is 0 Å². The molecule has 2 heterocycles. The van der Waals surface area contributed by atoms with Gasteiger partial charge in [0.15, 0.2) is 5.76 Å². The van der Waals surface area contributed by atoms with Gasteiger partial charge in [-0.15, -0.1) is 0 Å². The van der Waals surface area contributed by atoms with Crippen LogP contribution in [0.3, 0.4) is 0 Å². The molecule has 0 saturated heterocycles. The molecular weight excluding hydrogens is 252 g/mol. The second-order valence-electron chi connectivity index (χ2n) is 5.11. The van der Waals surface area contributed by atoms with Crippen LogP contribution in [0.1, 0.15) is 23.0 Å². The lowest BCUT2D eigenvalue weighted by molar-refractivity contribution is 0.0924. The van der Waals surface area contributed by atoms with Crippen molar-refractivity contribution in [1.82, 2.24) is 5.32 Å². The van der Waals surface area contributed by atoms with E-state index >= 15 is 0 Å². The molecule has 3 rings (SSSR count). The first kappa shape index (κ1) is 12.8. The molecule has 2 aromatic rings. The van der Waals surface area contributed by atoms with Crippen LogP contribution in [-0.2, 0) is 6.42 Å². The zero-order valence-electron chi connectivity index (χ0n) is 11.5. The summed E-state index contributed by atoms with van der Waals surface area (Å²) in [5.41, 5.74) is 2.67. The van der Waals surface area contributed by atoms with Gasteiger partial charge in [-0.1, -0.05) is 18.2 Å². The molecule has 1 atom stereocenters. The maximum Gasteiger partial charge on any atom is 0.287 e. The summed E-state index contributed by atoms with van der Waals surface area (Å²) in [6, 6.07) is 12.1. The number of hydrogen-bond donors (Lipinski definition) is 1. The van der Waals surface area contributed by atoms with Crippen LogP contribution in [0.25, 0.3) is 0 Å². The lowest BCUT2D eigenvalue weighted by Crippen LogP contribution is -2.41. The number of carbonyl (C=O) groups is 1. The zero-order valence-corrected chi connectivity index (χ0v) is 11.5. The standard InChI is InChI=1S/C16H18N2O2/c1-12(11-17-16(19)15-7-4-10-20-15)18-9-8-13-5-2-3-6-14(13)18/h2-7,10,12H,8-9,11H2,1H3,(H,17,19). The quantitative estimate of drug-likeness (QED) is 0.928. The van der Waals surface area contributed by atoms with Crippen molar-refractivity contribution in [3.63, 3.8) is 0 Å². The number of para-hydroxylation sites is 1. The summed E-state index contributed by atoms with van der Waals surface area (Å²) in [7, 11) is 0. The number of nitrogens with zero attached hydrogens (tertiary/aromatic N) is 1. The molecule has 1 aromatic carbocycles. The SMILES string of the molecule is CC(CNC(=O)c1ccco1)N1CCc2ccccc21. The van der Waals surface area contributed by atoms with Gasteiger partial charge in [0, 0.05) is 24.8 Å². The Hall–Kier alpha value is -2.23. The monoisotopic (exact) mass is 270 g/mol. The maximum absolute atomic E-state index is 11.8. The van der Waals surface area contributed by atoms with E-state index in [1.54, 1.807) is 12.1 Å². The minimum absolute atomic E-state index is 0.158. The van der Waals surface area contributed by atoms with Crippen LogP contribution < -0.4 is 10.2 Å². The second kappa shape index (κ2) is 5.41. The van der Waals surface area contributed by atoms with Crippen molar-refractivity contribution in [2.45, 2.75) is 19.4 Å². The molecule has 0 bridgehead atoms. The highest BCUT2D eigenvalue weighted by molar-refractivity contribution is 5.91. The third kappa shape index (κ3) is 2.41. The van der Waals surface area contributed by atoms with E-state index in [4.69, 9.17) is 4.42 Å². The van der Waals surface area contributed by atoms with Crippen LogP contribution >= 0.6 is 0 Å². The van der Waals surface area contributed by atoms with Crippen molar-refractivity contribution in [3.05, 3.63) is 54.0 Å². The van der Waals surface area contributed by atoms with Crippen LogP contribution in [0.2, 0.25) is 0 Å². The first-order valence-electron chi connectivity index (χ1n) is 6.92. The number of anilines is 1. The fourth-order valence-electron chi connectivity index (χ4n) is 2.67. The number of benzene rings is 1. The highest BCUT2D eigenvalue weighted by atomic mass is 16.3. The Labute approximate surface area is 118 Å². The largest absolute Gasteiger partial charge is 0.459 e. The molecule has 1 aromatic heterocycles. The van der Waals surface area contributed by atoms with Crippen LogP contribution in [0.5, 0.6) is 0 Å². The maximum atomic E-state index is 11.8. The molecule has 1 aliphatic heterocycles. The molecule has 1 N–H and O–H groups in total. The lowest BCUT2D eigenvalue weighted by atomic mass is 10.2. The fraction of sp³-hybridized carbons (Fsp3) is 0.312. The van der Waals surface area contributed by atoms with Crippen molar-refractivity contribution in [2.75, 3.05) is 18.0 Å². The smallest absolute Gasteiger partial charge is 0.287 e. The average molecular weight is 270 g/mol. The van der Waals surface area contributed by atoms with E-state index in [1.807, 2.05) is 0 Å². The van der Waals surface area contributed by atoms with E-state index in [9.17, 15) is 4.79 Å². The first-order valence-corrected chi connectivity index (χ1v) is 6.92. The molecular formula is C16H18N2O2. The summed E-state index contributed by atoms with van der Waals surface area (Å²) in [5.74, 6) is 0.202. The minimum atomic E-state index is -0.158. The summed E-state index contributed by atoms with van der Waals surface area (Å²) < 4.78 is 5.08. The van der Waals surface area contributed by atoms with Gasteiger partial charge < -0.3 is 14.6 Å². The summed E-state index contributed by atoms with van der Waals surface area (Å²) in [4.78, 5) is 14.2. The van der Waals surface area contributed by atoms with Crippen molar-refractivity contribution < 1.29 is 9.21 Å². The van der Waals surface area contributed by atoms with E-state index in [1.165, 1.54) is 17.5 Å². The van der Waals surface area contributed by atoms with Crippen LogP contribution in [0, 0.1) is 0 Å². The zero-order chi connectivity index (χ0) is 13.9. The van der Waals surface area contributed by atoms with E-state index in [0.717, 1.165) is 13.0 Å². The Balaban J connectivity index is 1.61. The number of nitrogens with one attached hydrogen (secondary N) is 1. The summed E-state index contributed by atoms with van der Waals surface area (Å²) in [6.07, 6.45) is 2.59. The van der Waals surface area contributed by atoms with Gasteiger partial charge in [0.25, 0.3) is 5.91 Å². The number of amides is 1. The topological polar surface area (TPSA) is 45.5 Å². The third-order valence-electron chi connectivity index (χ3n) is 3.76. The molecule has 0 radical (unpaired) electrons. The second-order valence-corrected chi connectivity index (χ2v) is 5.11. The lowest BCUT2D eigenvalue weighted by Gasteiger charge is -2.27. The highest BCUT2D eigenvalue weighted by Gasteiger charge is 2.23. The van der Waals surface area contributed by atoms with Gasteiger partial charge in [-0.05, 0) is 37.1 Å². The molecule has 0 saturated carbocycles. The molecule has 20 heavy (non-hydrogen) atoms. The molecule has 0 aliphatic carbocycles. The van der Waals surface area contributed by atoms with Gasteiger partial charge in [0.1, 0.15) is 0 Å². The first-order chi connectivity index (χ1) is 9.75. The van der Waals surface area contributed by atoms with E-state index < -0.39 is 0 Å². The van der Waals surface area contributed by atoms with Gasteiger partial charge >= 0.3 is 0 Å². The Morgan fingerprint density at radius 1 is 1.35 bits per heavy atom. The predicted molar refractivity (Wildman–Crippen MR) is 78.0 cm³/mol. The predicted octanol–water partition coefficient (Wildman–Crippen LogP) is 2.46.